The molecule has 0 aromatic carbocycles. The molecule has 30 heavy (non-hydrogen) atoms. The van der Waals surface area contributed by atoms with Crippen molar-refractivity contribution in [3.8, 4) is 0 Å². The predicted octanol–water partition coefficient (Wildman–Crippen LogP) is 4.63. The molecule has 168 valence electrons. The first-order valence-corrected chi connectivity index (χ1v) is 13.1. The summed E-state index contributed by atoms with van der Waals surface area (Å²) >= 11 is 0. The first-order chi connectivity index (χ1) is 14.3. The third-order valence-corrected chi connectivity index (χ3v) is 11.5. The lowest BCUT2D eigenvalue weighted by Gasteiger charge is -2.59. The van der Waals surface area contributed by atoms with Crippen LogP contribution in [0.5, 0.6) is 0 Å². The Morgan fingerprint density at radius 3 is 2.60 bits per heavy atom. The van der Waals surface area contributed by atoms with E-state index in [1.54, 1.807) is 5.57 Å². The molecule has 6 aliphatic rings. The topological polar surface area (TPSA) is 43.7 Å². The quantitative estimate of drug-likeness (QED) is 0.569. The number of hydrogen-bond acceptors (Lipinski definition) is 3. The Labute approximate surface area is 183 Å². The maximum absolute atomic E-state index is 11.8. The van der Waals surface area contributed by atoms with E-state index in [1.165, 1.54) is 58.0 Å². The maximum atomic E-state index is 11.8. The Morgan fingerprint density at radius 1 is 0.933 bits per heavy atom. The highest BCUT2D eigenvalue weighted by Gasteiger charge is 2.62. The number of piperidine rings is 2. The molecule has 3 saturated carbocycles. The van der Waals surface area contributed by atoms with E-state index in [1.807, 2.05) is 0 Å². The Balaban J connectivity index is 1.30. The van der Waals surface area contributed by atoms with E-state index in [9.17, 15) is 10.2 Å². The average Bonchev–Trinajstić information content (AvgIpc) is 3.09. The Bertz CT molecular complexity index is 730. The number of rotatable bonds is 0. The van der Waals surface area contributed by atoms with Gasteiger partial charge in [0.25, 0.3) is 0 Å². The van der Waals surface area contributed by atoms with Crippen molar-refractivity contribution >= 4 is 0 Å². The van der Waals surface area contributed by atoms with Gasteiger partial charge in [0.15, 0.2) is 0 Å². The van der Waals surface area contributed by atoms with Gasteiger partial charge in [-0.3, -0.25) is 4.90 Å². The van der Waals surface area contributed by atoms with Gasteiger partial charge in [0.05, 0.1) is 11.7 Å². The highest BCUT2D eigenvalue weighted by molar-refractivity contribution is 5.26. The minimum Gasteiger partial charge on any atom is -0.393 e. The molecule has 0 radical (unpaired) electrons. The zero-order valence-corrected chi connectivity index (χ0v) is 19.4. The van der Waals surface area contributed by atoms with Crippen LogP contribution >= 0.6 is 0 Å². The molecule has 0 unspecified atom stereocenters. The van der Waals surface area contributed by atoms with Crippen molar-refractivity contribution in [2.45, 2.75) is 96.3 Å². The van der Waals surface area contributed by atoms with Crippen molar-refractivity contribution < 1.29 is 10.2 Å². The number of nitrogens with zero attached hydrogens (tertiary/aromatic N) is 1. The molecule has 3 heteroatoms. The maximum Gasteiger partial charge on any atom is 0.0805 e. The summed E-state index contributed by atoms with van der Waals surface area (Å²) in [7, 11) is 0. The molecule has 0 amide bonds. The summed E-state index contributed by atoms with van der Waals surface area (Å²) in [5.74, 6) is 5.30. The molecule has 0 aromatic heterocycles. The lowest BCUT2D eigenvalue weighted by atomic mass is 9.56. The van der Waals surface area contributed by atoms with Gasteiger partial charge >= 0.3 is 0 Å². The Kier molecular flexibility index (Phi) is 4.60. The molecule has 11 atom stereocenters. The molecule has 2 aliphatic heterocycles. The van der Waals surface area contributed by atoms with Crippen molar-refractivity contribution in [1.82, 2.24) is 4.90 Å². The van der Waals surface area contributed by atoms with E-state index in [0.29, 0.717) is 23.3 Å². The van der Waals surface area contributed by atoms with Crippen LogP contribution < -0.4 is 0 Å². The van der Waals surface area contributed by atoms with Crippen LogP contribution in [0.25, 0.3) is 0 Å². The van der Waals surface area contributed by atoms with Crippen LogP contribution in [-0.2, 0) is 0 Å². The zero-order valence-electron chi connectivity index (χ0n) is 19.4. The van der Waals surface area contributed by atoms with Gasteiger partial charge in [-0.2, -0.15) is 0 Å². The molecule has 2 N–H and O–H groups in total. The van der Waals surface area contributed by atoms with Crippen LogP contribution in [0.15, 0.2) is 11.6 Å². The van der Waals surface area contributed by atoms with Gasteiger partial charge in [0.2, 0.25) is 0 Å². The summed E-state index contributed by atoms with van der Waals surface area (Å²) in [5, 5.41) is 22.1. The highest BCUT2D eigenvalue weighted by atomic mass is 16.3. The largest absolute Gasteiger partial charge is 0.393 e. The molecule has 2 saturated heterocycles. The van der Waals surface area contributed by atoms with E-state index >= 15 is 0 Å². The van der Waals surface area contributed by atoms with Gasteiger partial charge in [-0.15, -0.1) is 0 Å². The third-order valence-electron chi connectivity index (χ3n) is 11.5. The zero-order chi connectivity index (χ0) is 20.8. The SMILES string of the molecule is C[C@H]1CC[C@@H]2N(C1)C[C@H]1[C@@H]3C[C@H]4[C@@H](CC=C5C[C@H](O)CC[C@@]54C)[C@H]3CC[C@@H]1[C@]2(C)O. The minimum atomic E-state index is -0.510. The summed E-state index contributed by atoms with van der Waals surface area (Å²) < 4.78 is 0. The first-order valence-electron chi connectivity index (χ1n) is 13.1. The second-order valence-corrected chi connectivity index (χ2v) is 12.8. The van der Waals surface area contributed by atoms with Crippen LogP contribution in [0.4, 0.5) is 0 Å². The normalized spacial score (nSPS) is 58.0. The summed E-state index contributed by atoms with van der Waals surface area (Å²) in [5.41, 5.74) is 1.40. The van der Waals surface area contributed by atoms with Gasteiger partial charge < -0.3 is 10.2 Å². The molecule has 0 spiro atoms. The molecule has 5 fully saturated rings. The Morgan fingerprint density at radius 2 is 1.77 bits per heavy atom. The molecular weight excluding hydrogens is 370 g/mol. The second-order valence-electron chi connectivity index (χ2n) is 12.8. The summed E-state index contributed by atoms with van der Waals surface area (Å²) in [6.45, 7) is 9.57. The van der Waals surface area contributed by atoms with Crippen LogP contribution in [-0.4, -0.2) is 45.9 Å². The fourth-order valence-electron chi connectivity index (χ4n) is 9.98. The van der Waals surface area contributed by atoms with Gasteiger partial charge in [-0.1, -0.05) is 25.5 Å². The summed E-state index contributed by atoms with van der Waals surface area (Å²) in [6.07, 6.45) is 13.2. The smallest absolute Gasteiger partial charge is 0.0805 e. The van der Waals surface area contributed by atoms with Gasteiger partial charge in [0.1, 0.15) is 0 Å². The number of hydrogen-bond donors (Lipinski definition) is 2. The second kappa shape index (κ2) is 6.81. The molecule has 0 bridgehead atoms. The average molecular weight is 414 g/mol. The van der Waals surface area contributed by atoms with Crippen molar-refractivity contribution in [1.29, 1.82) is 0 Å². The summed E-state index contributed by atoms with van der Waals surface area (Å²) in [4.78, 5) is 2.71. The van der Waals surface area contributed by atoms with E-state index in [0.717, 1.165) is 42.4 Å². The molecule has 0 aromatic rings. The van der Waals surface area contributed by atoms with Crippen LogP contribution in [0, 0.1) is 46.8 Å². The monoisotopic (exact) mass is 413 g/mol. The predicted molar refractivity (Wildman–Crippen MR) is 120 cm³/mol. The van der Waals surface area contributed by atoms with Crippen molar-refractivity contribution in [3.05, 3.63) is 11.6 Å². The van der Waals surface area contributed by atoms with Crippen LogP contribution in [0.1, 0.15) is 78.6 Å². The lowest BCUT2D eigenvalue weighted by molar-refractivity contribution is -0.175. The summed E-state index contributed by atoms with van der Waals surface area (Å²) in [6, 6.07) is 0.390. The fourth-order valence-corrected chi connectivity index (χ4v) is 9.98. The van der Waals surface area contributed by atoms with Gasteiger partial charge in [-0.25, -0.2) is 0 Å². The molecule has 2 heterocycles. The molecule has 4 aliphatic carbocycles. The number of fused-ring (bicyclic) bond motifs is 8. The minimum absolute atomic E-state index is 0.111. The highest BCUT2D eigenvalue weighted by Crippen LogP contribution is 2.66. The van der Waals surface area contributed by atoms with Gasteiger partial charge in [0, 0.05) is 19.1 Å². The number of aliphatic hydroxyl groups is 2. The number of allylic oxidation sites excluding steroid dienone is 1. The third kappa shape index (κ3) is 2.73. The molecule has 6 rings (SSSR count). The van der Waals surface area contributed by atoms with Crippen LogP contribution in [0.2, 0.25) is 0 Å². The Hall–Kier alpha value is -0.380. The fraction of sp³-hybridized carbons (Fsp3) is 0.926. The van der Waals surface area contributed by atoms with Crippen LogP contribution in [0.3, 0.4) is 0 Å². The van der Waals surface area contributed by atoms with Gasteiger partial charge in [-0.05, 0) is 112 Å². The van der Waals surface area contributed by atoms with Crippen molar-refractivity contribution in [3.63, 3.8) is 0 Å². The van der Waals surface area contributed by atoms with E-state index in [2.05, 4.69) is 31.7 Å². The van der Waals surface area contributed by atoms with Crippen molar-refractivity contribution in [2.75, 3.05) is 13.1 Å². The van der Waals surface area contributed by atoms with E-state index in [-0.39, 0.29) is 6.10 Å². The lowest BCUT2D eigenvalue weighted by Crippen LogP contribution is -2.67. The van der Waals surface area contributed by atoms with E-state index in [4.69, 9.17) is 0 Å². The van der Waals surface area contributed by atoms with E-state index < -0.39 is 5.60 Å². The standard InChI is InChI=1S/C27H43NO2/c1-16-4-9-25-27(3,30)23-8-7-19-20-6-5-17-12-18(29)10-11-26(17,2)24(20)13-21(19)22(23)15-28(25)14-16/h5,16,18-25,29-30H,4,6-15H2,1-3H3/t16-,18+,19+,20-,21+,22-,23-,24-,25-,26-,27-/m0/s1. The number of aliphatic hydroxyl groups excluding tert-OH is 1. The van der Waals surface area contributed by atoms with Crippen molar-refractivity contribution in [2.24, 2.45) is 46.8 Å². The first kappa shape index (κ1) is 20.2. The molecule has 3 nitrogen and oxygen atoms in total. The molecular formula is C27H43NO2.